The van der Waals surface area contributed by atoms with E-state index in [0.717, 1.165) is 5.56 Å². The van der Waals surface area contributed by atoms with Crippen LogP contribution in [0.3, 0.4) is 0 Å². The van der Waals surface area contributed by atoms with Gasteiger partial charge < -0.3 is 10.6 Å². The zero-order chi connectivity index (χ0) is 15.4. The van der Waals surface area contributed by atoms with Crippen LogP contribution in [0.15, 0.2) is 42.5 Å². The fourth-order valence-electron chi connectivity index (χ4n) is 2.03. The number of hydrogen-bond acceptors (Lipinski definition) is 1. The van der Waals surface area contributed by atoms with Gasteiger partial charge in [-0.3, -0.25) is 0 Å². The van der Waals surface area contributed by atoms with Crippen molar-refractivity contribution in [2.75, 3.05) is 5.32 Å². The average molecular weight is 302 g/mol. The Morgan fingerprint density at radius 3 is 2.48 bits per heavy atom. The molecule has 0 fully saturated rings. The number of benzene rings is 2. The van der Waals surface area contributed by atoms with Crippen molar-refractivity contribution in [1.82, 2.24) is 5.32 Å². The van der Waals surface area contributed by atoms with Crippen LogP contribution in [0.25, 0.3) is 0 Å². The summed E-state index contributed by atoms with van der Waals surface area (Å²) in [5.41, 5.74) is 4.03. The topological polar surface area (TPSA) is 24.1 Å². The van der Waals surface area contributed by atoms with Crippen molar-refractivity contribution < 1.29 is 4.39 Å². The molecular formula is C17H19FN2S. The fraction of sp³-hybridized carbons (Fsp3) is 0.235. The van der Waals surface area contributed by atoms with Crippen LogP contribution >= 0.6 is 12.2 Å². The Kier molecular flexibility index (Phi) is 4.91. The van der Waals surface area contributed by atoms with Crippen LogP contribution in [0.2, 0.25) is 0 Å². The SMILES string of the molecule is Cc1ccc(C(C)NC(=S)Nc2ccccc2F)cc1C. The molecule has 0 saturated heterocycles. The van der Waals surface area contributed by atoms with E-state index in [2.05, 4.69) is 42.7 Å². The number of rotatable bonds is 3. The number of hydrogen-bond donors (Lipinski definition) is 2. The lowest BCUT2D eigenvalue weighted by molar-refractivity contribution is 0.631. The van der Waals surface area contributed by atoms with Gasteiger partial charge in [0.05, 0.1) is 11.7 Å². The van der Waals surface area contributed by atoms with Gasteiger partial charge in [0.2, 0.25) is 0 Å². The molecule has 4 heteroatoms. The lowest BCUT2D eigenvalue weighted by Gasteiger charge is -2.18. The van der Waals surface area contributed by atoms with Crippen LogP contribution < -0.4 is 10.6 Å². The maximum atomic E-state index is 13.6. The van der Waals surface area contributed by atoms with Crippen LogP contribution in [0.1, 0.15) is 29.7 Å². The molecular weight excluding hydrogens is 283 g/mol. The van der Waals surface area contributed by atoms with Crippen LogP contribution in [0, 0.1) is 19.7 Å². The Bertz CT molecular complexity index is 655. The fourth-order valence-corrected chi connectivity index (χ4v) is 2.32. The van der Waals surface area contributed by atoms with Crippen molar-refractivity contribution in [2.45, 2.75) is 26.8 Å². The summed E-state index contributed by atoms with van der Waals surface area (Å²) in [6.45, 7) is 6.20. The zero-order valence-corrected chi connectivity index (χ0v) is 13.2. The van der Waals surface area contributed by atoms with Crippen LogP contribution in [0.5, 0.6) is 0 Å². The number of halogens is 1. The summed E-state index contributed by atoms with van der Waals surface area (Å²) < 4.78 is 13.6. The minimum atomic E-state index is -0.319. The highest BCUT2D eigenvalue weighted by atomic mass is 32.1. The lowest BCUT2D eigenvalue weighted by Crippen LogP contribution is -2.31. The molecule has 0 aromatic heterocycles. The van der Waals surface area contributed by atoms with Gasteiger partial charge in [-0.1, -0.05) is 30.3 Å². The number of thiocarbonyl (C=S) groups is 1. The van der Waals surface area contributed by atoms with Crippen LogP contribution in [-0.2, 0) is 0 Å². The van der Waals surface area contributed by atoms with Gasteiger partial charge in [-0.15, -0.1) is 0 Å². The molecule has 0 aliphatic rings. The highest BCUT2D eigenvalue weighted by Crippen LogP contribution is 2.17. The third-order valence-corrected chi connectivity index (χ3v) is 3.72. The minimum Gasteiger partial charge on any atom is -0.356 e. The first-order valence-corrected chi connectivity index (χ1v) is 7.27. The standard InChI is InChI=1S/C17H19FN2S/c1-11-8-9-14(10-12(11)2)13(3)19-17(21)20-16-7-5-4-6-15(16)18/h4-10,13H,1-3H3,(H2,19,20,21). The van der Waals surface area contributed by atoms with Gasteiger partial charge in [-0.2, -0.15) is 0 Å². The molecule has 1 unspecified atom stereocenters. The van der Waals surface area contributed by atoms with E-state index in [1.54, 1.807) is 18.2 Å². The minimum absolute atomic E-state index is 0.0519. The van der Waals surface area contributed by atoms with Crippen LogP contribution in [0.4, 0.5) is 10.1 Å². The molecule has 0 heterocycles. The Morgan fingerprint density at radius 1 is 1.10 bits per heavy atom. The third kappa shape index (κ3) is 4.02. The molecule has 2 aromatic rings. The highest BCUT2D eigenvalue weighted by molar-refractivity contribution is 7.80. The highest BCUT2D eigenvalue weighted by Gasteiger charge is 2.09. The Morgan fingerprint density at radius 2 is 1.81 bits per heavy atom. The lowest BCUT2D eigenvalue weighted by atomic mass is 10.0. The first-order valence-electron chi connectivity index (χ1n) is 6.86. The largest absolute Gasteiger partial charge is 0.356 e. The van der Waals surface area contributed by atoms with Gasteiger partial charge in [0.1, 0.15) is 5.82 Å². The van der Waals surface area contributed by atoms with E-state index >= 15 is 0 Å². The van der Waals surface area contributed by atoms with E-state index in [-0.39, 0.29) is 11.9 Å². The number of aryl methyl sites for hydroxylation is 2. The molecule has 0 aliphatic carbocycles. The summed E-state index contributed by atoms with van der Waals surface area (Å²) in [5, 5.41) is 6.46. The molecule has 21 heavy (non-hydrogen) atoms. The zero-order valence-electron chi connectivity index (χ0n) is 12.4. The number of anilines is 1. The summed E-state index contributed by atoms with van der Waals surface area (Å²) >= 11 is 5.24. The third-order valence-electron chi connectivity index (χ3n) is 3.50. The quantitative estimate of drug-likeness (QED) is 0.817. The van der Waals surface area contributed by atoms with Crippen LogP contribution in [-0.4, -0.2) is 5.11 Å². The van der Waals surface area contributed by atoms with E-state index in [4.69, 9.17) is 12.2 Å². The normalized spacial score (nSPS) is 11.8. The van der Waals surface area contributed by atoms with Crippen molar-refractivity contribution in [3.8, 4) is 0 Å². The summed E-state index contributed by atoms with van der Waals surface area (Å²) in [5.74, 6) is -0.319. The molecule has 2 N–H and O–H groups in total. The second-order valence-corrected chi connectivity index (χ2v) is 5.55. The molecule has 0 saturated carbocycles. The summed E-state index contributed by atoms with van der Waals surface area (Å²) in [6.07, 6.45) is 0. The second-order valence-electron chi connectivity index (χ2n) is 5.14. The number of para-hydroxylation sites is 1. The Hall–Kier alpha value is -1.94. The molecule has 0 radical (unpaired) electrons. The van der Waals surface area contributed by atoms with Crippen molar-refractivity contribution >= 4 is 23.0 Å². The molecule has 1 atom stereocenters. The molecule has 0 aliphatic heterocycles. The first-order chi connectivity index (χ1) is 9.97. The summed E-state index contributed by atoms with van der Waals surface area (Å²) in [7, 11) is 0. The van der Waals surface area contributed by atoms with Crippen molar-refractivity contribution in [2.24, 2.45) is 0 Å². The van der Waals surface area contributed by atoms with Gasteiger partial charge in [0.15, 0.2) is 5.11 Å². The summed E-state index contributed by atoms with van der Waals surface area (Å²) in [4.78, 5) is 0. The van der Waals surface area contributed by atoms with Gasteiger partial charge in [-0.25, -0.2) is 4.39 Å². The smallest absolute Gasteiger partial charge is 0.171 e. The van der Waals surface area contributed by atoms with Crippen molar-refractivity contribution in [1.29, 1.82) is 0 Å². The Balaban J connectivity index is 2.02. The van der Waals surface area contributed by atoms with Crippen molar-refractivity contribution in [3.05, 3.63) is 65.0 Å². The molecule has 2 nitrogen and oxygen atoms in total. The predicted octanol–water partition coefficient (Wildman–Crippen LogP) is 4.49. The van der Waals surface area contributed by atoms with E-state index in [1.165, 1.54) is 17.2 Å². The summed E-state index contributed by atoms with van der Waals surface area (Å²) in [6, 6.07) is 12.8. The molecule has 2 rings (SSSR count). The first kappa shape index (κ1) is 15.4. The van der Waals surface area contributed by atoms with Gasteiger partial charge in [-0.05, 0) is 61.8 Å². The maximum Gasteiger partial charge on any atom is 0.171 e. The molecule has 2 aromatic carbocycles. The van der Waals surface area contributed by atoms with E-state index in [9.17, 15) is 4.39 Å². The van der Waals surface area contributed by atoms with E-state index in [1.807, 2.05) is 6.92 Å². The van der Waals surface area contributed by atoms with Gasteiger partial charge in [0, 0.05) is 0 Å². The van der Waals surface area contributed by atoms with E-state index in [0.29, 0.717) is 10.8 Å². The molecule has 0 bridgehead atoms. The predicted molar refractivity (Wildman–Crippen MR) is 90.1 cm³/mol. The molecule has 110 valence electrons. The van der Waals surface area contributed by atoms with Crippen molar-refractivity contribution in [3.63, 3.8) is 0 Å². The molecule has 0 amide bonds. The number of nitrogens with one attached hydrogen (secondary N) is 2. The Labute approximate surface area is 130 Å². The average Bonchev–Trinajstić information content (AvgIpc) is 2.44. The van der Waals surface area contributed by atoms with Gasteiger partial charge in [0.25, 0.3) is 0 Å². The second kappa shape index (κ2) is 6.68. The molecule has 0 spiro atoms. The monoisotopic (exact) mass is 302 g/mol. The van der Waals surface area contributed by atoms with E-state index < -0.39 is 0 Å². The maximum absolute atomic E-state index is 13.6. The van der Waals surface area contributed by atoms with Gasteiger partial charge >= 0.3 is 0 Å².